The van der Waals surface area contributed by atoms with Crippen molar-refractivity contribution in [1.29, 1.82) is 0 Å². The van der Waals surface area contributed by atoms with Gasteiger partial charge in [0.25, 0.3) is 0 Å². The Balaban J connectivity index is 2.37. The summed E-state index contributed by atoms with van der Waals surface area (Å²) in [6.07, 6.45) is 5.53. The smallest absolute Gasteiger partial charge is 0.0195 e. The van der Waals surface area contributed by atoms with E-state index >= 15 is 0 Å². The minimum absolute atomic E-state index is 0.716. The molecule has 3 heteroatoms. The molecule has 0 saturated carbocycles. The van der Waals surface area contributed by atoms with Crippen LogP contribution >= 0.6 is 0 Å². The average Bonchev–Trinajstić information content (AvgIpc) is 2.53. The van der Waals surface area contributed by atoms with Gasteiger partial charge in [-0.2, -0.15) is 0 Å². The molecule has 1 N–H and O–H groups in total. The largest absolute Gasteiger partial charge is 0.313 e. The van der Waals surface area contributed by atoms with Gasteiger partial charge in [-0.25, -0.2) is 0 Å². The summed E-state index contributed by atoms with van der Waals surface area (Å²) in [4.78, 5) is 4.93. The fourth-order valence-electron chi connectivity index (χ4n) is 2.68. The molecule has 1 fully saturated rings. The Hall–Kier alpha value is -0.120. The zero-order valence-corrected chi connectivity index (χ0v) is 12.9. The third-order valence-electron chi connectivity index (χ3n) is 3.63. The summed E-state index contributed by atoms with van der Waals surface area (Å²) in [5.74, 6) is 0.762. The zero-order chi connectivity index (χ0) is 13.4. The number of rotatable bonds is 7. The third-order valence-corrected chi connectivity index (χ3v) is 3.63. The van der Waals surface area contributed by atoms with Crippen LogP contribution in [0.2, 0.25) is 0 Å². The van der Waals surface area contributed by atoms with Crippen LogP contribution < -0.4 is 5.32 Å². The van der Waals surface area contributed by atoms with Crippen LogP contribution in [0, 0.1) is 5.92 Å². The molecule has 0 aromatic heterocycles. The Morgan fingerprint density at radius 1 is 1.11 bits per heavy atom. The molecule has 0 bridgehead atoms. The second-order valence-electron chi connectivity index (χ2n) is 6.46. The highest BCUT2D eigenvalue weighted by atomic mass is 15.2. The van der Waals surface area contributed by atoms with Crippen LogP contribution in [0.15, 0.2) is 0 Å². The number of nitrogens with one attached hydrogen (secondary N) is 1. The summed E-state index contributed by atoms with van der Waals surface area (Å²) in [5.41, 5.74) is 0. The molecular formula is C15H33N3. The van der Waals surface area contributed by atoms with Crippen LogP contribution in [-0.4, -0.2) is 62.7 Å². The topological polar surface area (TPSA) is 18.5 Å². The Morgan fingerprint density at radius 3 is 2.56 bits per heavy atom. The molecule has 1 aliphatic heterocycles. The zero-order valence-electron chi connectivity index (χ0n) is 12.9. The summed E-state index contributed by atoms with van der Waals surface area (Å²) in [6.45, 7) is 10.7. The lowest BCUT2D eigenvalue weighted by atomic mass is 10.1. The van der Waals surface area contributed by atoms with E-state index in [0.717, 1.165) is 5.92 Å². The lowest BCUT2D eigenvalue weighted by molar-refractivity contribution is 0.197. The second kappa shape index (κ2) is 8.89. The van der Waals surface area contributed by atoms with Crippen molar-refractivity contribution in [2.75, 3.05) is 46.8 Å². The Labute approximate surface area is 114 Å². The molecule has 1 atom stereocenters. The van der Waals surface area contributed by atoms with Gasteiger partial charge in [-0.15, -0.1) is 0 Å². The van der Waals surface area contributed by atoms with Gasteiger partial charge in [0, 0.05) is 32.2 Å². The highest BCUT2D eigenvalue weighted by Gasteiger charge is 2.16. The first-order valence-electron chi connectivity index (χ1n) is 7.68. The van der Waals surface area contributed by atoms with E-state index in [1.807, 2.05) is 0 Å². The van der Waals surface area contributed by atoms with Crippen molar-refractivity contribution in [1.82, 2.24) is 15.1 Å². The summed E-state index contributed by atoms with van der Waals surface area (Å²) in [7, 11) is 4.33. The van der Waals surface area contributed by atoms with Crippen molar-refractivity contribution in [2.24, 2.45) is 5.92 Å². The van der Waals surface area contributed by atoms with E-state index in [2.05, 4.69) is 43.1 Å². The van der Waals surface area contributed by atoms with Crippen LogP contribution in [0.3, 0.4) is 0 Å². The molecule has 18 heavy (non-hydrogen) atoms. The predicted molar refractivity (Wildman–Crippen MR) is 80.1 cm³/mol. The minimum Gasteiger partial charge on any atom is -0.313 e. The second-order valence-corrected chi connectivity index (χ2v) is 6.46. The van der Waals surface area contributed by atoms with Crippen LogP contribution in [0.1, 0.15) is 39.5 Å². The molecule has 1 rings (SSSR count). The summed E-state index contributed by atoms with van der Waals surface area (Å²) in [6, 6.07) is 0.716. The molecule has 1 saturated heterocycles. The average molecular weight is 255 g/mol. The number of nitrogens with zero attached hydrogens (tertiary/aromatic N) is 2. The number of hydrogen-bond acceptors (Lipinski definition) is 3. The molecule has 0 aromatic rings. The van der Waals surface area contributed by atoms with Crippen molar-refractivity contribution < 1.29 is 0 Å². The maximum absolute atomic E-state index is 3.72. The van der Waals surface area contributed by atoms with E-state index in [-0.39, 0.29) is 0 Å². The van der Waals surface area contributed by atoms with Crippen molar-refractivity contribution in [2.45, 2.75) is 45.6 Å². The molecular weight excluding hydrogens is 222 g/mol. The third kappa shape index (κ3) is 7.34. The maximum atomic E-state index is 3.72. The van der Waals surface area contributed by atoms with Gasteiger partial charge in [-0.05, 0) is 39.4 Å². The molecule has 0 amide bonds. The lowest BCUT2D eigenvalue weighted by Gasteiger charge is -2.29. The monoisotopic (exact) mass is 255 g/mol. The van der Waals surface area contributed by atoms with Gasteiger partial charge in [0.05, 0.1) is 0 Å². The van der Waals surface area contributed by atoms with Gasteiger partial charge < -0.3 is 15.1 Å². The van der Waals surface area contributed by atoms with Gasteiger partial charge in [-0.1, -0.05) is 26.7 Å². The molecule has 1 unspecified atom stereocenters. The first-order chi connectivity index (χ1) is 8.58. The number of hydrogen-bond donors (Lipinski definition) is 1. The van der Waals surface area contributed by atoms with Crippen LogP contribution in [0.25, 0.3) is 0 Å². The SMILES string of the molecule is CC(C)CN(CCN(C)C)CC1CCCCCN1. The van der Waals surface area contributed by atoms with Crippen molar-refractivity contribution in [3.8, 4) is 0 Å². The summed E-state index contributed by atoms with van der Waals surface area (Å²) < 4.78 is 0. The Bertz CT molecular complexity index is 196. The standard InChI is InChI=1S/C15H33N3/c1-14(2)12-18(11-10-17(3)4)13-15-8-6-5-7-9-16-15/h14-16H,5-13H2,1-4H3. The van der Waals surface area contributed by atoms with E-state index in [1.54, 1.807) is 0 Å². The van der Waals surface area contributed by atoms with Gasteiger partial charge in [0.1, 0.15) is 0 Å². The van der Waals surface area contributed by atoms with Crippen molar-refractivity contribution >= 4 is 0 Å². The first kappa shape index (κ1) is 15.9. The minimum atomic E-state index is 0.716. The highest BCUT2D eigenvalue weighted by molar-refractivity contribution is 4.76. The molecule has 3 nitrogen and oxygen atoms in total. The van der Waals surface area contributed by atoms with Crippen LogP contribution in [-0.2, 0) is 0 Å². The molecule has 0 aromatic carbocycles. The van der Waals surface area contributed by atoms with E-state index < -0.39 is 0 Å². The van der Waals surface area contributed by atoms with Crippen molar-refractivity contribution in [3.05, 3.63) is 0 Å². The van der Waals surface area contributed by atoms with E-state index in [4.69, 9.17) is 0 Å². The Morgan fingerprint density at radius 2 is 1.89 bits per heavy atom. The quantitative estimate of drug-likeness (QED) is 0.751. The Kier molecular flexibility index (Phi) is 7.87. The molecule has 1 aliphatic rings. The van der Waals surface area contributed by atoms with Crippen LogP contribution in [0.5, 0.6) is 0 Å². The van der Waals surface area contributed by atoms with E-state index in [1.165, 1.54) is 58.4 Å². The van der Waals surface area contributed by atoms with Crippen LogP contribution in [0.4, 0.5) is 0 Å². The molecule has 0 aliphatic carbocycles. The maximum Gasteiger partial charge on any atom is 0.0195 e. The lowest BCUT2D eigenvalue weighted by Crippen LogP contribution is -2.44. The van der Waals surface area contributed by atoms with E-state index in [9.17, 15) is 0 Å². The van der Waals surface area contributed by atoms with E-state index in [0.29, 0.717) is 6.04 Å². The summed E-state index contributed by atoms with van der Waals surface area (Å²) in [5, 5.41) is 3.72. The predicted octanol–water partition coefficient (Wildman–Crippen LogP) is 2.04. The fraction of sp³-hybridized carbons (Fsp3) is 1.00. The molecule has 1 heterocycles. The fourth-order valence-corrected chi connectivity index (χ4v) is 2.68. The van der Waals surface area contributed by atoms with Gasteiger partial charge in [0.2, 0.25) is 0 Å². The molecule has 0 radical (unpaired) electrons. The molecule has 108 valence electrons. The number of likely N-dealkylation sites (N-methyl/N-ethyl adjacent to an activating group) is 1. The van der Waals surface area contributed by atoms with Gasteiger partial charge in [0.15, 0.2) is 0 Å². The van der Waals surface area contributed by atoms with Gasteiger partial charge in [-0.3, -0.25) is 0 Å². The molecule has 0 spiro atoms. The summed E-state index contributed by atoms with van der Waals surface area (Å²) >= 11 is 0. The highest BCUT2D eigenvalue weighted by Crippen LogP contribution is 2.10. The van der Waals surface area contributed by atoms with Gasteiger partial charge >= 0.3 is 0 Å². The first-order valence-corrected chi connectivity index (χ1v) is 7.68. The normalized spacial score (nSPS) is 21.8. The van der Waals surface area contributed by atoms with Crippen molar-refractivity contribution in [3.63, 3.8) is 0 Å².